The van der Waals surface area contributed by atoms with Crippen molar-refractivity contribution in [3.05, 3.63) is 35.9 Å². The Morgan fingerprint density at radius 2 is 2.23 bits per heavy atom. The minimum absolute atomic E-state index is 0.898. The van der Waals surface area contributed by atoms with Crippen LogP contribution in [0.3, 0.4) is 0 Å². The summed E-state index contributed by atoms with van der Waals surface area (Å²) in [7, 11) is 1.68. The van der Waals surface area contributed by atoms with E-state index in [1.165, 1.54) is 12.0 Å². The summed E-state index contributed by atoms with van der Waals surface area (Å²) in [5.74, 6) is 0.898. The monoisotopic (exact) mass is 176 g/mol. The molecule has 0 fully saturated rings. The third kappa shape index (κ3) is 2.35. The highest BCUT2D eigenvalue weighted by Gasteiger charge is 1.99. The fourth-order valence-corrected chi connectivity index (χ4v) is 1.39. The topological polar surface area (TPSA) is 9.23 Å². The Kier molecular flexibility index (Phi) is 3.56. The molecule has 1 aromatic rings. The van der Waals surface area contributed by atoms with E-state index in [1.54, 1.807) is 7.11 Å². The normalized spacial score (nSPS) is 9.69. The Hall–Kier alpha value is -1.24. The van der Waals surface area contributed by atoms with Gasteiger partial charge >= 0.3 is 0 Å². The zero-order valence-electron chi connectivity index (χ0n) is 8.34. The summed E-state index contributed by atoms with van der Waals surface area (Å²) in [6.45, 7) is 5.94. The number of hydrogen-bond donors (Lipinski definition) is 0. The fraction of sp³-hybridized carbons (Fsp3) is 0.333. The maximum atomic E-state index is 5.20. The molecular weight excluding hydrogens is 160 g/mol. The quantitative estimate of drug-likeness (QED) is 0.684. The largest absolute Gasteiger partial charge is 0.496 e. The van der Waals surface area contributed by atoms with Crippen LogP contribution < -0.4 is 4.74 Å². The van der Waals surface area contributed by atoms with Gasteiger partial charge < -0.3 is 4.74 Å². The zero-order valence-corrected chi connectivity index (χ0v) is 8.34. The second kappa shape index (κ2) is 4.70. The summed E-state index contributed by atoms with van der Waals surface area (Å²) in [5, 5.41) is 0. The molecule has 70 valence electrons. The SMILES string of the molecule is C=Cc1cc(CCC)ccc1OC. The van der Waals surface area contributed by atoms with Crippen molar-refractivity contribution in [2.75, 3.05) is 7.11 Å². The molecule has 0 bridgehead atoms. The highest BCUT2D eigenvalue weighted by molar-refractivity contribution is 5.56. The summed E-state index contributed by atoms with van der Waals surface area (Å²) in [5.41, 5.74) is 2.42. The molecule has 0 aromatic heterocycles. The lowest BCUT2D eigenvalue weighted by atomic mass is 10.1. The Morgan fingerprint density at radius 1 is 1.46 bits per heavy atom. The van der Waals surface area contributed by atoms with Gasteiger partial charge in [-0.2, -0.15) is 0 Å². The average Bonchev–Trinajstić information content (AvgIpc) is 2.18. The number of methoxy groups -OCH3 is 1. The van der Waals surface area contributed by atoms with Crippen LogP contribution in [0, 0.1) is 0 Å². The molecule has 0 saturated heterocycles. The van der Waals surface area contributed by atoms with Gasteiger partial charge in [-0.15, -0.1) is 0 Å². The van der Waals surface area contributed by atoms with Gasteiger partial charge in [-0.1, -0.05) is 32.1 Å². The molecule has 1 heteroatoms. The van der Waals surface area contributed by atoms with Crippen LogP contribution >= 0.6 is 0 Å². The lowest BCUT2D eigenvalue weighted by molar-refractivity contribution is 0.413. The highest BCUT2D eigenvalue weighted by Crippen LogP contribution is 2.21. The molecule has 1 rings (SSSR count). The van der Waals surface area contributed by atoms with E-state index in [1.807, 2.05) is 12.1 Å². The van der Waals surface area contributed by atoms with Gasteiger partial charge in [-0.25, -0.2) is 0 Å². The van der Waals surface area contributed by atoms with Gasteiger partial charge in [0, 0.05) is 5.56 Å². The van der Waals surface area contributed by atoms with Crippen LogP contribution in [-0.4, -0.2) is 7.11 Å². The molecule has 0 aliphatic rings. The summed E-state index contributed by atoms with van der Waals surface area (Å²) >= 11 is 0. The van der Waals surface area contributed by atoms with Crippen molar-refractivity contribution < 1.29 is 4.74 Å². The van der Waals surface area contributed by atoms with Gasteiger partial charge in [-0.05, 0) is 24.1 Å². The predicted octanol–water partition coefficient (Wildman–Crippen LogP) is 3.29. The molecule has 1 aromatic carbocycles. The first kappa shape index (κ1) is 9.85. The molecule has 0 unspecified atom stereocenters. The van der Waals surface area contributed by atoms with E-state index in [-0.39, 0.29) is 0 Å². The minimum atomic E-state index is 0.898. The Morgan fingerprint density at radius 3 is 2.77 bits per heavy atom. The van der Waals surface area contributed by atoms with E-state index in [2.05, 4.69) is 25.6 Å². The van der Waals surface area contributed by atoms with Crippen LogP contribution in [0.5, 0.6) is 5.75 Å². The highest BCUT2D eigenvalue weighted by atomic mass is 16.5. The summed E-state index contributed by atoms with van der Waals surface area (Å²) in [4.78, 5) is 0. The molecule has 13 heavy (non-hydrogen) atoms. The number of aryl methyl sites for hydroxylation is 1. The molecule has 0 aliphatic heterocycles. The van der Waals surface area contributed by atoms with Gasteiger partial charge in [0.25, 0.3) is 0 Å². The Balaban J connectivity index is 2.98. The van der Waals surface area contributed by atoms with E-state index in [0.29, 0.717) is 0 Å². The van der Waals surface area contributed by atoms with E-state index in [4.69, 9.17) is 4.74 Å². The van der Waals surface area contributed by atoms with Gasteiger partial charge in [-0.3, -0.25) is 0 Å². The first-order valence-corrected chi connectivity index (χ1v) is 4.61. The lowest BCUT2D eigenvalue weighted by Crippen LogP contribution is -1.89. The zero-order chi connectivity index (χ0) is 9.68. The molecule has 0 atom stereocenters. The molecule has 0 radical (unpaired) electrons. The average molecular weight is 176 g/mol. The summed E-state index contributed by atoms with van der Waals surface area (Å²) in [6.07, 6.45) is 4.12. The molecule has 0 heterocycles. The molecule has 0 saturated carbocycles. The lowest BCUT2D eigenvalue weighted by Gasteiger charge is -2.06. The number of benzene rings is 1. The van der Waals surface area contributed by atoms with Crippen LogP contribution in [-0.2, 0) is 6.42 Å². The maximum absolute atomic E-state index is 5.20. The van der Waals surface area contributed by atoms with Gasteiger partial charge in [0.05, 0.1) is 7.11 Å². The van der Waals surface area contributed by atoms with Crippen LogP contribution in [0.1, 0.15) is 24.5 Å². The third-order valence-electron chi connectivity index (χ3n) is 2.05. The molecule has 0 N–H and O–H groups in total. The number of ether oxygens (including phenoxy) is 1. The summed E-state index contributed by atoms with van der Waals surface area (Å²) in [6, 6.07) is 6.24. The predicted molar refractivity (Wildman–Crippen MR) is 57.1 cm³/mol. The second-order valence-corrected chi connectivity index (χ2v) is 3.03. The molecular formula is C12H16O. The smallest absolute Gasteiger partial charge is 0.126 e. The van der Waals surface area contributed by atoms with Gasteiger partial charge in [0.1, 0.15) is 5.75 Å². The van der Waals surface area contributed by atoms with E-state index >= 15 is 0 Å². The number of hydrogen-bond acceptors (Lipinski definition) is 1. The molecule has 0 spiro atoms. The van der Waals surface area contributed by atoms with Crippen LogP contribution in [0.15, 0.2) is 24.8 Å². The number of rotatable bonds is 4. The standard InChI is InChI=1S/C12H16O/c1-4-6-10-7-8-12(13-3)11(5-2)9-10/h5,7-9H,2,4,6H2,1,3H3. The Bertz CT molecular complexity index is 289. The summed E-state index contributed by atoms with van der Waals surface area (Å²) < 4.78 is 5.20. The third-order valence-corrected chi connectivity index (χ3v) is 2.05. The van der Waals surface area contributed by atoms with Crippen LogP contribution in [0.4, 0.5) is 0 Å². The van der Waals surface area contributed by atoms with Gasteiger partial charge in [0.2, 0.25) is 0 Å². The van der Waals surface area contributed by atoms with Crippen LogP contribution in [0.25, 0.3) is 6.08 Å². The molecule has 1 nitrogen and oxygen atoms in total. The van der Waals surface area contributed by atoms with Crippen molar-refractivity contribution in [3.8, 4) is 5.75 Å². The maximum Gasteiger partial charge on any atom is 0.126 e. The van der Waals surface area contributed by atoms with E-state index in [0.717, 1.165) is 17.7 Å². The van der Waals surface area contributed by atoms with Crippen molar-refractivity contribution >= 4 is 6.08 Å². The molecule has 0 amide bonds. The minimum Gasteiger partial charge on any atom is -0.496 e. The van der Waals surface area contributed by atoms with Crippen molar-refractivity contribution in [1.29, 1.82) is 0 Å². The van der Waals surface area contributed by atoms with E-state index in [9.17, 15) is 0 Å². The molecule has 0 aliphatic carbocycles. The van der Waals surface area contributed by atoms with Crippen molar-refractivity contribution in [2.45, 2.75) is 19.8 Å². The van der Waals surface area contributed by atoms with Gasteiger partial charge in [0.15, 0.2) is 0 Å². The van der Waals surface area contributed by atoms with Crippen molar-refractivity contribution in [2.24, 2.45) is 0 Å². The first-order valence-electron chi connectivity index (χ1n) is 4.61. The van der Waals surface area contributed by atoms with E-state index < -0.39 is 0 Å². The first-order chi connectivity index (χ1) is 6.31. The fourth-order valence-electron chi connectivity index (χ4n) is 1.39. The van der Waals surface area contributed by atoms with Crippen molar-refractivity contribution in [1.82, 2.24) is 0 Å². The Labute approximate surface area is 80.0 Å². The van der Waals surface area contributed by atoms with Crippen LogP contribution in [0.2, 0.25) is 0 Å². The van der Waals surface area contributed by atoms with Crippen molar-refractivity contribution in [3.63, 3.8) is 0 Å². The second-order valence-electron chi connectivity index (χ2n) is 3.03.